The first-order chi connectivity index (χ1) is 11.8. The molecule has 2 aliphatic heterocycles. The molecule has 1 saturated carbocycles. The van der Waals surface area contributed by atoms with Gasteiger partial charge in [-0.1, -0.05) is 0 Å². The number of amides is 1. The molecule has 3 aliphatic rings. The molecule has 1 unspecified atom stereocenters. The second kappa shape index (κ2) is 7.05. The van der Waals surface area contributed by atoms with Gasteiger partial charge in [0.1, 0.15) is 5.82 Å². The lowest BCUT2D eigenvalue weighted by molar-refractivity contribution is -0.126. The molecule has 3 fully saturated rings. The van der Waals surface area contributed by atoms with E-state index >= 15 is 0 Å². The van der Waals surface area contributed by atoms with E-state index in [-0.39, 0.29) is 11.8 Å². The van der Waals surface area contributed by atoms with Crippen LogP contribution in [-0.4, -0.2) is 59.0 Å². The summed E-state index contributed by atoms with van der Waals surface area (Å²) in [5, 5.41) is 3.31. The minimum atomic E-state index is 0.0715. The molecular formula is C18H27N5O. The van der Waals surface area contributed by atoms with Crippen molar-refractivity contribution in [3.63, 3.8) is 0 Å². The molecule has 1 aromatic heterocycles. The van der Waals surface area contributed by atoms with Crippen molar-refractivity contribution in [3.8, 4) is 0 Å². The number of hydrogen-bond donors (Lipinski definition) is 1. The van der Waals surface area contributed by atoms with Crippen molar-refractivity contribution in [2.45, 2.75) is 50.6 Å². The van der Waals surface area contributed by atoms with Crippen LogP contribution in [-0.2, 0) is 4.79 Å². The summed E-state index contributed by atoms with van der Waals surface area (Å²) in [5.41, 5.74) is 0. The quantitative estimate of drug-likeness (QED) is 0.906. The van der Waals surface area contributed by atoms with Crippen molar-refractivity contribution < 1.29 is 4.79 Å². The van der Waals surface area contributed by atoms with Crippen molar-refractivity contribution in [1.82, 2.24) is 20.2 Å². The van der Waals surface area contributed by atoms with Gasteiger partial charge in [-0.05, 0) is 38.5 Å². The third-order valence-electron chi connectivity index (χ3n) is 5.60. The molecular weight excluding hydrogens is 302 g/mol. The number of hydrogen-bond acceptors (Lipinski definition) is 5. The molecule has 0 bridgehead atoms. The summed E-state index contributed by atoms with van der Waals surface area (Å²) in [6.07, 6.45) is 12.1. The molecule has 3 heterocycles. The topological polar surface area (TPSA) is 61.4 Å². The summed E-state index contributed by atoms with van der Waals surface area (Å²) in [7, 11) is 0. The van der Waals surface area contributed by atoms with E-state index in [2.05, 4.69) is 25.1 Å². The Kier molecular flexibility index (Phi) is 4.65. The van der Waals surface area contributed by atoms with Gasteiger partial charge in [0.05, 0.1) is 12.1 Å². The number of carbonyl (C=O) groups excluding carboxylic acids is 1. The highest BCUT2D eigenvalue weighted by atomic mass is 16.2. The molecule has 6 heteroatoms. The van der Waals surface area contributed by atoms with Gasteiger partial charge in [-0.25, -0.2) is 4.98 Å². The Morgan fingerprint density at radius 1 is 1.08 bits per heavy atom. The van der Waals surface area contributed by atoms with Crippen LogP contribution < -0.4 is 10.2 Å². The summed E-state index contributed by atoms with van der Waals surface area (Å²) < 4.78 is 0. The summed E-state index contributed by atoms with van der Waals surface area (Å²) in [5.74, 6) is 1.18. The summed E-state index contributed by atoms with van der Waals surface area (Å²) in [4.78, 5) is 26.0. The monoisotopic (exact) mass is 329 g/mol. The number of piperidine rings is 2. The van der Waals surface area contributed by atoms with Crippen LogP contribution in [0.5, 0.6) is 0 Å². The molecule has 130 valence electrons. The van der Waals surface area contributed by atoms with Gasteiger partial charge >= 0.3 is 0 Å². The second-order valence-corrected chi connectivity index (χ2v) is 7.40. The molecule has 0 radical (unpaired) electrons. The van der Waals surface area contributed by atoms with E-state index in [1.807, 2.05) is 0 Å². The van der Waals surface area contributed by atoms with Crippen molar-refractivity contribution >= 4 is 11.7 Å². The van der Waals surface area contributed by atoms with E-state index in [4.69, 9.17) is 0 Å². The van der Waals surface area contributed by atoms with E-state index in [9.17, 15) is 4.79 Å². The van der Waals surface area contributed by atoms with Gasteiger partial charge in [-0.3, -0.25) is 9.78 Å². The largest absolute Gasteiger partial charge is 0.355 e. The van der Waals surface area contributed by atoms with E-state index in [1.165, 1.54) is 12.8 Å². The summed E-state index contributed by atoms with van der Waals surface area (Å²) in [6, 6.07) is 1.21. The van der Waals surface area contributed by atoms with Gasteiger partial charge in [-0.2, -0.15) is 0 Å². The number of nitrogens with zero attached hydrogens (tertiary/aromatic N) is 4. The van der Waals surface area contributed by atoms with Gasteiger partial charge in [0.15, 0.2) is 0 Å². The molecule has 1 aliphatic carbocycles. The molecule has 1 amide bonds. The average molecular weight is 329 g/mol. The van der Waals surface area contributed by atoms with Crippen LogP contribution in [0.25, 0.3) is 0 Å². The third-order valence-corrected chi connectivity index (χ3v) is 5.60. The molecule has 1 aromatic rings. The highest BCUT2D eigenvalue weighted by molar-refractivity contribution is 5.79. The Bertz CT molecular complexity index is 554. The Morgan fingerprint density at radius 2 is 1.92 bits per heavy atom. The number of rotatable bonds is 4. The minimum Gasteiger partial charge on any atom is -0.355 e. The lowest BCUT2D eigenvalue weighted by Gasteiger charge is -2.35. The van der Waals surface area contributed by atoms with Gasteiger partial charge in [0.25, 0.3) is 0 Å². The maximum Gasteiger partial charge on any atom is 0.225 e. The van der Waals surface area contributed by atoms with Crippen molar-refractivity contribution in [1.29, 1.82) is 0 Å². The third kappa shape index (κ3) is 3.69. The number of nitrogens with one attached hydrogen (secondary N) is 1. The fraction of sp³-hybridized carbons (Fsp3) is 0.722. The van der Waals surface area contributed by atoms with Crippen LogP contribution in [0.1, 0.15) is 38.5 Å². The molecule has 0 spiro atoms. The van der Waals surface area contributed by atoms with Crippen LogP contribution in [0.15, 0.2) is 18.6 Å². The highest BCUT2D eigenvalue weighted by Crippen LogP contribution is 2.29. The van der Waals surface area contributed by atoms with Gasteiger partial charge < -0.3 is 15.1 Å². The predicted octanol–water partition coefficient (Wildman–Crippen LogP) is 1.44. The Morgan fingerprint density at radius 3 is 2.62 bits per heavy atom. The zero-order valence-corrected chi connectivity index (χ0v) is 14.2. The molecule has 1 atom stereocenters. The second-order valence-electron chi connectivity index (χ2n) is 7.40. The molecule has 24 heavy (non-hydrogen) atoms. The van der Waals surface area contributed by atoms with E-state index in [0.29, 0.717) is 6.04 Å². The van der Waals surface area contributed by atoms with E-state index in [1.54, 1.807) is 18.6 Å². The SMILES string of the molecule is O=C(NC1CCN(C2CC2)CC1)C1CCCN(c2cnccn2)C1. The van der Waals surface area contributed by atoms with Crippen molar-refractivity contribution in [3.05, 3.63) is 18.6 Å². The maximum atomic E-state index is 12.7. The van der Waals surface area contributed by atoms with Crippen LogP contribution in [0.2, 0.25) is 0 Å². The first-order valence-corrected chi connectivity index (χ1v) is 9.35. The Balaban J connectivity index is 1.28. The van der Waals surface area contributed by atoms with Crippen molar-refractivity contribution in [2.75, 3.05) is 31.1 Å². The minimum absolute atomic E-state index is 0.0715. The van der Waals surface area contributed by atoms with E-state index in [0.717, 1.165) is 63.7 Å². The first-order valence-electron chi connectivity index (χ1n) is 9.35. The molecule has 2 saturated heterocycles. The van der Waals surface area contributed by atoms with Crippen LogP contribution >= 0.6 is 0 Å². The molecule has 0 aromatic carbocycles. The zero-order valence-electron chi connectivity index (χ0n) is 14.2. The van der Waals surface area contributed by atoms with E-state index < -0.39 is 0 Å². The maximum absolute atomic E-state index is 12.7. The summed E-state index contributed by atoms with van der Waals surface area (Å²) >= 11 is 0. The molecule has 1 N–H and O–H groups in total. The number of likely N-dealkylation sites (tertiary alicyclic amines) is 1. The fourth-order valence-electron chi connectivity index (χ4n) is 4.02. The van der Waals surface area contributed by atoms with Crippen LogP contribution in [0, 0.1) is 5.92 Å². The average Bonchev–Trinajstić information content (AvgIpc) is 3.48. The smallest absolute Gasteiger partial charge is 0.225 e. The molecule has 6 nitrogen and oxygen atoms in total. The van der Waals surface area contributed by atoms with Gasteiger partial charge in [0, 0.05) is 50.7 Å². The predicted molar refractivity (Wildman–Crippen MR) is 92.7 cm³/mol. The Labute approximate surface area is 143 Å². The normalized spacial score (nSPS) is 26.3. The number of aromatic nitrogens is 2. The zero-order chi connectivity index (χ0) is 16.4. The molecule has 4 rings (SSSR count). The Hall–Kier alpha value is -1.69. The number of anilines is 1. The van der Waals surface area contributed by atoms with Crippen LogP contribution in [0.3, 0.4) is 0 Å². The number of carbonyl (C=O) groups is 1. The van der Waals surface area contributed by atoms with Crippen LogP contribution in [0.4, 0.5) is 5.82 Å². The first kappa shape index (κ1) is 15.8. The highest BCUT2D eigenvalue weighted by Gasteiger charge is 2.33. The lowest BCUT2D eigenvalue weighted by atomic mass is 9.95. The van der Waals surface area contributed by atoms with Gasteiger partial charge in [0.2, 0.25) is 5.91 Å². The fourth-order valence-corrected chi connectivity index (χ4v) is 4.02. The lowest BCUT2D eigenvalue weighted by Crippen LogP contribution is -2.49. The summed E-state index contributed by atoms with van der Waals surface area (Å²) in [6.45, 7) is 4.01. The standard InChI is InChI=1S/C18H27N5O/c24-18(21-15-5-10-22(11-6-15)16-3-4-16)14-2-1-9-23(13-14)17-12-19-7-8-20-17/h7-8,12,14-16H,1-6,9-11,13H2,(H,21,24). The van der Waals surface area contributed by atoms with Crippen molar-refractivity contribution in [2.24, 2.45) is 5.92 Å². The van der Waals surface area contributed by atoms with Gasteiger partial charge in [-0.15, -0.1) is 0 Å².